The Morgan fingerprint density at radius 3 is 2.57 bits per heavy atom. The molecule has 0 aliphatic carbocycles. The lowest BCUT2D eigenvalue weighted by Crippen LogP contribution is -2.09. The van der Waals surface area contributed by atoms with Gasteiger partial charge in [-0.05, 0) is 32.9 Å². The third-order valence-corrected chi connectivity index (χ3v) is 3.41. The van der Waals surface area contributed by atoms with Gasteiger partial charge in [0.1, 0.15) is 11.6 Å². The zero-order chi connectivity index (χ0) is 15.6. The normalized spacial score (nSPS) is 10.7. The fourth-order valence-corrected chi connectivity index (χ4v) is 2.28. The second-order valence-corrected chi connectivity index (χ2v) is 4.83. The Labute approximate surface area is 122 Å². The van der Waals surface area contributed by atoms with Crippen molar-refractivity contribution >= 4 is 5.97 Å². The molecule has 0 spiro atoms. The standard InChI is InChI=1S/C16H17F2NO2/c1-4-21-16(20)14-7-10(2)19(11(14)3)9-12-5-6-13(17)8-15(12)18/h5-8H,4,9H2,1-3H3. The van der Waals surface area contributed by atoms with E-state index in [-0.39, 0.29) is 6.54 Å². The predicted octanol–water partition coefficient (Wildman–Crippen LogP) is 3.61. The van der Waals surface area contributed by atoms with E-state index in [2.05, 4.69) is 0 Å². The number of hydrogen-bond acceptors (Lipinski definition) is 2. The first kappa shape index (κ1) is 15.2. The van der Waals surface area contributed by atoms with Crippen LogP contribution in [0.3, 0.4) is 0 Å². The molecule has 0 fully saturated rings. The van der Waals surface area contributed by atoms with Crippen LogP contribution in [0, 0.1) is 25.5 Å². The highest BCUT2D eigenvalue weighted by atomic mass is 19.1. The third kappa shape index (κ3) is 3.12. The molecule has 0 aliphatic rings. The molecule has 0 bridgehead atoms. The monoisotopic (exact) mass is 293 g/mol. The smallest absolute Gasteiger partial charge is 0.339 e. The van der Waals surface area contributed by atoms with Crippen molar-refractivity contribution in [3.8, 4) is 0 Å². The van der Waals surface area contributed by atoms with E-state index in [1.807, 2.05) is 11.5 Å². The van der Waals surface area contributed by atoms with E-state index >= 15 is 0 Å². The van der Waals surface area contributed by atoms with E-state index in [9.17, 15) is 13.6 Å². The minimum atomic E-state index is -0.607. The Balaban J connectivity index is 2.34. The first-order chi connectivity index (χ1) is 9.93. The van der Waals surface area contributed by atoms with Gasteiger partial charge in [-0.15, -0.1) is 0 Å². The van der Waals surface area contributed by atoms with Crippen molar-refractivity contribution < 1.29 is 18.3 Å². The SMILES string of the molecule is CCOC(=O)c1cc(C)n(Cc2ccc(F)cc2F)c1C. The van der Waals surface area contributed by atoms with Crippen LogP contribution in [0.25, 0.3) is 0 Å². The van der Waals surface area contributed by atoms with Crippen LogP contribution in [0.5, 0.6) is 0 Å². The molecule has 0 unspecified atom stereocenters. The fraction of sp³-hybridized carbons (Fsp3) is 0.312. The summed E-state index contributed by atoms with van der Waals surface area (Å²) in [5.41, 5.74) is 2.36. The van der Waals surface area contributed by atoms with Gasteiger partial charge in [0.2, 0.25) is 0 Å². The Hall–Kier alpha value is -2.17. The maximum absolute atomic E-state index is 13.7. The number of ether oxygens (including phenoxy) is 1. The average Bonchev–Trinajstić information content (AvgIpc) is 2.70. The highest BCUT2D eigenvalue weighted by Gasteiger charge is 2.17. The lowest BCUT2D eigenvalue weighted by Gasteiger charge is -2.11. The maximum Gasteiger partial charge on any atom is 0.339 e. The Bertz CT molecular complexity index is 677. The maximum atomic E-state index is 13.7. The molecular weight excluding hydrogens is 276 g/mol. The number of esters is 1. The molecule has 0 saturated carbocycles. The zero-order valence-electron chi connectivity index (χ0n) is 12.2. The Kier molecular flexibility index (Phi) is 4.40. The number of carbonyl (C=O) groups is 1. The van der Waals surface area contributed by atoms with Gasteiger partial charge in [-0.2, -0.15) is 0 Å². The van der Waals surface area contributed by atoms with Crippen molar-refractivity contribution in [3.05, 3.63) is 58.4 Å². The Morgan fingerprint density at radius 1 is 1.24 bits per heavy atom. The summed E-state index contributed by atoms with van der Waals surface area (Å²) in [5, 5.41) is 0. The molecule has 1 aromatic carbocycles. The van der Waals surface area contributed by atoms with Gasteiger partial charge < -0.3 is 9.30 Å². The van der Waals surface area contributed by atoms with Crippen LogP contribution in [0.15, 0.2) is 24.3 Å². The van der Waals surface area contributed by atoms with Gasteiger partial charge in [0.05, 0.1) is 18.7 Å². The molecule has 0 atom stereocenters. The van der Waals surface area contributed by atoms with Gasteiger partial charge in [-0.1, -0.05) is 6.07 Å². The summed E-state index contributed by atoms with van der Waals surface area (Å²) < 4.78 is 33.5. The van der Waals surface area contributed by atoms with Gasteiger partial charge in [0.15, 0.2) is 0 Å². The molecule has 1 aromatic heterocycles. The molecule has 2 rings (SSSR count). The van der Waals surface area contributed by atoms with Crippen molar-refractivity contribution in [2.75, 3.05) is 6.61 Å². The van der Waals surface area contributed by atoms with Gasteiger partial charge in [0, 0.05) is 23.0 Å². The number of nitrogens with zero attached hydrogens (tertiary/aromatic N) is 1. The highest BCUT2D eigenvalue weighted by Crippen LogP contribution is 2.19. The van der Waals surface area contributed by atoms with E-state index in [0.29, 0.717) is 23.4 Å². The minimum Gasteiger partial charge on any atom is -0.462 e. The second-order valence-electron chi connectivity index (χ2n) is 4.83. The summed E-state index contributed by atoms with van der Waals surface area (Å²) in [4.78, 5) is 11.8. The number of halogens is 2. The van der Waals surface area contributed by atoms with Crippen molar-refractivity contribution in [1.29, 1.82) is 0 Å². The number of hydrogen-bond donors (Lipinski definition) is 0. The summed E-state index contributed by atoms with van der Waals surface area (Å²) >= 11 is 0. The molecule has 2 aromatic rings. The van der Waals surface area contributed by atoms with Crippen molar-refractivity contribution in [2.45, 2.75) is 27.3 Å². The molecule has 0 saturated heterocycles. The van der Waals surface area contributed by atoms with Crippen LogP contribution in [-0.2, 0) is 11.3 Å². The summed E-state index contributed by atoms with van der Waals surface area (Å²) in [6.07, 6.45) is 0. The molecule has 0 aliphatic heterocycles. The van der Waals surface area contributed by atoms with E-state index in [4.69, 9.17) is 4.74 Å². The summed E-state index contributed by atoms with van der Waals surface area (Å²) in [7, 11) is 0. The quantitative estimate of drug-likeness (QED) is 0.806. The molecule has 0 radical (unpaired) electrons. The number of carbonyl (C=O) groups excluding carboxylic acids is 1. The molecule has 5 heteroatoms. The topological polar surface area (TPSA) is 31.2 Å². The van der Waals surface area contributed by atoms with Crippen LogP contribution in [0.4, 0.5) is 8.78 Å². The summed E-state index contributed by atoms with van der Waals surface area (Å²) in [6.45, 7) is 5.89. The third-order valence-electron chi connectivity index (χ3n) is 3.41. The van der Waals surface area contributed by atoms with E-state index in [1.165, 1.54) is 12.1 Å². The molecule has 0 N–H and O–H groups in total. The first-order valence-corrected chi connectivity index (χ1v) is 6.71. The van der Waals surface area contributed by atoms with E-state index in [1.54, 1.807) is 19.9 Å². The minimum absolute atomic E-state index is 0.239. The van der Waals surface area contributed by atoms with Crippen LogP contribution in [0.1, 0.15) is 34.2 Å². The Morgan fingerprint density at radius 2 is 1.95 bits per heavy atom. The van der Waals surface area contributed by atoms with Gasteiger partial charge in [0.25, 0.3) is 0 Å². The lowest BCUT2D eigenvalue weighted by atomic mass is 10.2. The predicted molar refractivity (Wildman–Crippen MR) is 75.3 cm³/mol. The van der Waals surface area contributed by atoms with Crippen LogP contribution >= 0.6 is 0 Å². The summed E-state index contributed by atoms with van der Waals surface area (Å²) in [6, 6.07) is 5.21. The van der Waals surface area contributed by atoms with Gasteiger partial charge in [-0.3, -0.25) is 0 Å². The molecule has 1 heterocycles. The summed E-state index contributed by atoms with van der Waals surface area (Å²) in [5.74, 6) is -1.60. The van der Waals surface area contributed by atoms with Crippen molar-refractivity contribution in [1.82, 2.24) is 4.57 Å². The molecule has 21 heavy (non-hydrogen) atoms. The first-order valence-electron chi connectivity index (χ1n) is 6.71. The van der Waals surface area contributed by atoms with Crippen LogP contribution in [0.2, 0.25) is 0 Å². The second kappa shape index (κ2) is 6.08. The van der Waals surface area contributed by atoms with Gasteiger partial charge in [-0.25, -0.2) is 13.6 Å². The lowest BCUT2D eigenvalue weighted by molar-refractivity contribution is 0.0525. The average molecular weight is 293 g/mol. The van der Waals surface area contributed by atoms with E-state index in [0.717, 1.165) is 11.8 Å². The van der Waals surface area contributed by atoms with Crippen LogP contribution < -0.4 is 0 Å². The van der Waals surface area contributed by atoms with Crippen molar-refractivity contribution in [3.63, 3.8) is 0 Å². The van der Waals surface area contributed by atoms with Crippen molar-refractivity contribution in [2.24, 2.45) is 0 Å². The number of rotatable bonds is 4. The molecule has 112 valence electrons. The zero-order valence-corrected chi connectivity index (χ0v) is 12.2. The molecule has 0 amide bonds. The highest BCUT2D eigenvalue weighted by molar-refractivity contribution is 5.91. The fourth-order valence-electron chi connectivity index (χ4n) is 2.28. The largest absolute Gasteiger partial charge is 0.462 e. The number of aryl methyl sites for hydroxylation is 1. The molecular formula is C16H17F2NO2. The van der Waals surface area contributed by atoms with Gasteiger partial charge >= 0.3 is 5.97 Å². The number of aromatic nitrogens is 1. The number of benzene rings is 1. The molecule has 3 nitrogen and oxygen atoms in total. The van der Waals surface area contributed by atoms with E-state index < -0.39 is 17.6 Å². The van der Waals surface area contributed by atoms with Crippen LogP contribution in [-0.4, -0.2) is 17.1 Å².